The van der Waals surface area contributed by atoms with E-state index in [9.17, 15) is 0 Å². The van der Waals surface area contributed by atoms with Crippen molar-refractivity contribution < 1.29 is 0 Å². The molecule has 0 N–H and O–H groups in total. The second-order valence-corrected chi connectivity index (χ2v) is 7.31. The van der Waals surface area contributed by atoms with E-state index in [1.807, 2.05) is 0 Å². The molecule has 4 aliphatic rings. The van der Waals surface area contributed by atoms with Gasteiger partial charge in [0.2, 0.25) is 0 Å². The Labute approximate surface area is 93.8 Å². The Hall–Kier alpha value is 0. The van der Waals surface area contributed by atoms with Crippen LogP contribution in [-0.2, 0) is 0 Å². The van der Waals surface area contributed by atoms with Crippen LogP contribution in [0.3, 0.4) is 0 Å². The van der Waals surface area contributed by atoms with Crippen molar-refractivity contribution in [1.82, 2.24) is 0 Å². The lowest BCUT2D eigenvalue weighted by molar-refractivity contribution is 0.0508. The van der Waals surface area contributed by atoms with Gasteiger partial charge in [-0.3, -0.25) is 0 Å². The molecule has 0 saturated heterocycles. The van der Waals surface area contributed by atoms with Crippen molar-refractivity contribution in [3.8, 4) is 0 Å². The molecule has 0 heterocycles. The standard InChI is InChI=1S/C15H24/c1-7-4-10-5-11(7)15-13-6-12(14(10)15)8(2)9(13)3/h7-15H,4-6H2,1-3H3. The van der Waals surface area contributed by atoms with Crippen molar-refractivity contribution in [2.24, 2.45) is 53.3 Å². The zero-order valence-corrected chi connectivity index (χ0v) is 10.3. The molecule has 84 valence electrons. The number of rotatable bonds is 0. The number of hydrogen-bond donors (Lipinski definition) is 0. The molecule has 0 nitrogen and oxygen atoms in total. The minimum atomic E-state index is 1.04. The van der Waals surface area contributed by atoms with Gasteiger partial charge in [0.05, 0.1) is 0 Å². The topological polar surface area (TPSA) is 0 Å². The molecule has 9 atom stereocenters. The molecule has 0 radical (unpaired) electrons. The van der Waals surface area contributed by atoms with Crippen LogP contribution in [0.25, 0.3) is 0 Å². The summed E-state index contributed by atoms with van der Waals surface area (Å²) in [6, 6.07) is 0. The highest BCUT2D eigenvalue weighted by atomic mass is 14.7. The van der Waals surface area contributed by atoms with Gasteiger partial charge in [-0.1, -0.05) is 20.8 Å². The number of fused-ring (bicyclic) bond motifs is 9. The van der Waals surface area contributed by atoms with E-state index in [0.717, 1.165) is 41.4 Å². The van der Waals surface area contributed by atoms with Gasteiger partial charge in [0.25, 0.3) is 0 Å². The maximum atomic E-state index is 2.54. The third-order valence-electron chi connectivity index (χ3n) is 7.18. The molecule has 0 aromatic carbocycles. The zero-order chi connectivity index (χ0) is 10.3. The quantitative estimate of drug-likeness (QED) is 0.526. The smallest absolute Gasteiger partial charge is 0.0318 e. The first kappa shape index (κ1) is 9.07. The van der Waals surface area contributed by atoms with Crippen molar-refractivity contribution in [2.75, 3.05) is 0 Å². The van der Waals surface area contributed by atoms with E-state index < -0.39 is 0 Å². The Morgan fingerprint density at radius 2 is 1.33 bits per heavy atom. The van der Waals surface area contributed by atoms with E-state index in [1.54, 1.807) is 19.3 Å². The first-order valence-corrected chi connectivity index (χ1v) is 7.18. The largest absolute Gasteiger partial charge is 0.0622 e. The Morgan fingerprint density at radius 1 is 0.667 bits per heavy atom. The summed E-state index contributed by atoms with van der Waals surface area (Å²) >= 11 is 0. The van der Waals surface area contributed by atoms with Crippen LogP contribution in [0.2, 0.25) is 0 Å². The van der Waals surface area contributed by atoms with Gasteiger partial charge in [-0.25, -0.2) is 0 Å². The van der Waals surface area contributed by atoms with Gasteiger partial charge < -0.3 is 0 Å². The third kappa shape index (κ3) is 0.875. The molecule has 0 aromatic heterocycles. The summed E-state index contributed by atoms with van der Waals surface area (Å²) in [7, 11) is 0. The molecule has 0 aromatic rings. The third-order valence-corrected chi connectivity index (χ3v) is 7.18. The van der Waals surface area contributed by atoms with Crippen LogP contribution in [-0.4, -0.2) is 0 Å². The molecule has 0 heteroatoms. The number of hydrogen-bond acceptors (Lipinski definition) is 0. The van der Waals surface area contributed by atoms with Crippen LogP contribution in [0.5, 0.6) is 0 Å². The fraction of sp³-hybridized carbons (Fsp3) is 1.00. The molecule has 9 unspecified atom stereocenters. The van der Waals surface area contributed by atoms with Gasteiger partial charge in [0.15, 0.2) is 0 Å². The highest BCUT2D eigenvalue weighted by molar-refractivity contribution is 5.13. The van der Waals surface area contributed by atoms with Crippen LogP contribution in [0.1, 0.15) is 40.0 Å². The highest BCUT2D eigenvalue weighted by Crippen LogP contribution is 2.71. The monoisotopic (exact) mass is 204 g/mol. The molecule has 4 rings (SSSR count). The molecule has 4 aliphatic carbocycles. The molecule has 0 aliphatic heterocycles. The molecular weight excluding hydrogens is 180 g/mol. The lowest BCUT2D eigenvalue weighted by Crippen LogP contribution is -2.38. The van der Waals surface area contributed by atoms with E-state index in [0.29, 0.717) is 0 Å². The second kappa shape index (κ2) is 2.63. The van der Waals surface area contributed by atoms with Crippen LogP contribution in [0, 0.1) is 53.3 Å². The molecule has 4 bridgehead atoms. The normalized spacial score (nSPS) is 70.2. The Bertz CT molecular complexity index is 294. The SMILES string of the molecule is CC1CC2CC1C1C3CC(C(C)C3C)C21. The van der Waals surface area contributed by atoms with Gasteiger partial charge in [0.1, 0.15) is 0 Å². The first-order valence-electron chi connectivity index (χ1n) is 7.18. The predicted octanol–water partition coefficient (Wildman–Crippen LogP) is 3.82. The minimum Gasteiger partial charge on any atom is -0.0622 e. The van der Waals surface area contributed by atoms with Gasteiger partial charge >= 0.3 is 0 Å². The summed E-state index contributed by atoms with van der Waals surface area (Å²) in [4.78, 5) is 0. The highest BCUT2D eigenvalue weighted by Gasteiger charge is 2.64. The van der Waals surface area contributed by atoms with E-state index in [-0.39, 0.29) is 0 Å². The molecular formula is C15H24. The fourth-order valence-corrected chi connectivity index (χ4v) is 6.56. The zero-order valence-electron chi connectivity index (χ0n) is 10.3. The van der Waals surface area contributed by atoms with Gasteiger partial charge in [-0.2, -0.15) is 0 Å². The minimum absolute atomic E-state index is 1.04. The summed E-state index contributed by atoms with van der Waals surface area (Å²) in [6.07, 6.45) is 4.80. The lowest BCUT2D eigenvalue weighted by Gasteiger charge is -2.43. The summed E-state index contributed by atoms with van der Waals surface area (Å²) in [5.41, 5.74) is 0. The molecule has 4 saturated carbocycles. The summed E-state index contributed by atoms with van der Waals surface area (Å²) in [5.74, 6) is 10.1. The Balaban J connectivity index is 1.73. The van der Waals surface area contributed by atoms with Crippen molar-refractivity contribution in [2.45, 2.75) is 40.0 Å². The van der Waals surface area contributed by atoms with Crippen LogP contribution < -0.4 is 0 Å². The molecule has 4 fully saturated rings. The average Bonchev–Trinajstić information content (AvgIpc) is 2.86. The fourth-order valence-electron chi connectivity index (χ4n) is 6.56. The van der Waals surface area contributed by atoms with Gasteiger partial charge in [-0.15, -0.1) is 0 Å². The summed E-state index contributed by atoms with van der Waals surface area (Å²) in [5, 5.41) is 0. The predicted molar refractivity (Wildman–Crippen MR) is 62.3 cm³/mol. The Morgan fingerprint density at radius 3 is 2.07 bits per heavy atom. The maximum absolute atomic E-state index is 2.54. The first-order chi connectivity index (χ1) is 7.18. The molecule has 15 heavy (non-hydrogen) atoms. The Kier molecular flexibility index (Phi) is 1.59. The van der Waals surface area contributed by atoms with Crippen molar-refractivity contribution in [3.63, 3.8) is 0 Å². The average molecular weight is 204 g/mol. The molecule has 0 amide bonds. The van der Waals surface area contributed by atoms with Crippen molar-refractivity contribution in [1.29, 1.82) is 0 Å². The van der Waals surface area contributed by atoms with E-state index in [2.05, 4.69) is 20.8 Å². The summed E-state index contributed by atoms with van der Waals surface area (Å²) in [6.45, 7) is 7.62. The molecule has 0 spiro atoms. The summed E-state index contributed by atoms with van der Waals surface area (Å²) < 4.78 is 0. The van der Waals surface area contributed by atoms with Crippen LogP contribution >= 0.6 is 0 Å². The van der Waals surface area contributed by atoms with Crippen molar-refractivity contribution >= 4 is 0 Å². The van der Waals surface area contributed by atoms with Crippen molar-refractivity contribution in [3.05, 3.63) is 0 Å². The van der Waals surface area contributed by atoms with Crippen LogP contribution in [0.4, 0.5) is 0 Å². The van der Waals surface area contributed by atoms with E-state index in [1.165, 1.54) is 11.8 Å². The lowest BCUT2D eigenvalue weighted by atomic mass is 9.62. The van der Waals surface area contributed by atoms with E-state index in [4.69, 9.17) is 0 Å². The van der Waals surface area contributed by atoms with Gasteiger partial charge in [-0.05, 0) is 72.5 Å². The van der Waals surface area contributed by atoms with E-state index >= 15 is 0 Å². The maximum Gasteiger partial charge on any atom is -0.0318 e. The van der Waals surface area contributed by atoms with Crippen LogP contribution in [0.15, 0.2) is 0 Å². The second-order valence-electron chi connectivity index (χ2n) is 7.31. The van der Waals surface area contributed by atoms with Gasteiger partial charge in [0, 0.05) is 0 Å².